The molecule has 19 heavy (non-hydrogen) atoms. The monoisotopic (exact) mass is 288 g/mol. The summed E-state index contributed by atoms with van der Waals surface area (Å²) >= 11 is 1.06. The number of hydrogen-bond acceptors (Lipinski definition) is 7. The van der Waals surface area contributed by atoms with Gasteiger partial charge in [-0.2, -0.15) is 0 Å². The van der Waals surface area contributed by atoms with Crippen molar-refractivity contribution in [3.63, 3.8) is 0 Å². The fourth-order valence-corrected chi connectivity index (χ4v) is 2.55. The van der Waals surface area contributed by atoms with Crippen molar-refractivity contribution in [3.05, 3.63) is 15.6 Å². The molecular weight excluding hydrogens is 268 g/mol. The summed E-state index contributed by atoms with van der Waals surface area (Å²) in [5.74, 6) is -0.444. The Balaban J connectivity index is 2.79. The lowest BCUT2D eigenvalue weighted by Crippen LogP contribution is -2.23. The second-order valence-electron chi connectivity index (χ2n) is 4.09. The molecule has 2 atom stereocenters. The molecule has 108 valence electrons. The Morgan fingerprint density at radius 3 is 2.79 bits per heavy atom. The molecule has 3 N–H and O–H groups in total. The Morgan fingerprint density at radius 2 is 2.21 bits per heavy atom. The standard InChI is InChI=1S/C12H20N2O4S/c1-4-18-12(17)10-7(2)14-11(19-10)9(16)8(15)5-6-13-3/h8-9,13,15-16H,4-6H2,1-3H3. The van der Waals surface area contributed by atoms with Gasteiger partial charge in [-0.3, -0.25) is 0 Å². The summed E-state index contributed by atoms with van der Waals surface area (Å²) in [6.07, 6.45) is -1.58. The second kappa shape index (κ2) is 7.54. The molecular formula is C12H20N2O4S. The molecule has 0 aliphatic rings. The van der Waals surface area contributed by atoms with E-state index in [1.807, 2.05) is 0 Å². The molecule has 0 aliphatic heterocycles. The predicted octanol–water partition coefficient (Wildman–Crippen LogP) is 0.632. The van der Waals surface area contributed by atoms with Crippen LogP contribution in [-0.2, 0) is 4.74 Å². The number of esters is 1. The van der Waals surface area contributed by atoms with Gasteiger partial charge in [0.25, 0.3) is 0 Å². The highest BCUT2D eigenvalue weighted by molar-refractivity contribution is 7.13. The topological polar surface area (TPSA) is 91.7 Å². The first kappa shape index (κ1) is 16.0. The maximum Gasteiger partial charge on any atom is 0.350 e. The molecule has 0 spiro atoms. The van der Waals surface area contributed by atoms with E-state index in [0.717, 1.165) is 11.3 Å². The number of carbonyl (C=O) groups is 1. The summed E-state index contributed by atoms with van der Waals surface area (Å²) in [4.78, 5) is 16.1. The molecule has 6 nitrogen and oxygen atoms in total. The second-order valence-corrected chi connectivity index (χ2v) is 5.12. The summed E-state index contributed by atoms with van der Waals surface area (Å²) in [5, 5.41) is 23.0. The molecule has 2 unspecified atom stereocenters. The van der Waals surface area contributed by atoms with Crippen LogP contribution in [0.2, 0.25) is 0 Å². The van der Waals surface area contributed by atoms with Gasteiger partial charge in [0.05, 0.1) is 18.4 Å². The van der Waals surface area contributed by atoms with Crippen molar-refractivity contribution in [1.82, 2.24) is 10.3 Å². The highest BCUT2D eigenvalue weighted by Gasteiger charge is 2.25. The van der Waals surface area contributed by atoms with E-state index >= 15 is 0 Å². The van der Waals surface area contributed by atoms with Gasteiger partial charge < -0.3 is 20.3 Å². The highest BCUT2D eigenvalue weighted by Crippen LogP contribution is 2.27. The van der Waals surface area contributed by atoms with Crippen LogP contribution >= 0.6 is 11.3 Å². The number of rotatable bonds is 7. The smallest absolute Gasteiger partial charge is 0.350 e. The third-order valence-corrected chi connectivity index (χ3v) is 3.79. The van der Waals surface area contributed by atoms with Gasteiger partial charge in [0.2, 0.25) is 0 Å². The number of carbonyl (C=O) groups excluding carboxylic acids is 1. The molecule has 0 aromatic carbocycles. The number of aryl methyl sites for hydroxylation is 1. The molecule has 7 heteroatoms. The Labute approximate surface area is 116 Å². The molecule has 0 aliphatic carbocycles. The van der Waals surface area contributed by atoms with Crippen molar-refractivity contribution in [2.24, 2.45) is 0 Å². The number of aliphatic hydroxyl groups excluding tert-OH is 2. The SMILES string of the molecule is CCOC(=O)c1sc(C(O)C(O)CCNC)nc1C. The number of nitrogens with one attached hydrogen (secondary N) is 1. The Bertz CT molecular complexity index is 422. The van der Waals surface area contributed by atoms with E-state index in [4.69, 9.17) is 4.74 Å². The van der Waals surface area contributed by atoms with Gasteiger partial charge in [-0.05, 0) is 33.9 Å². The number of hydrogen-bond donors (Lipinski definition) is 3. The fraction of sp³-hybridized carbons (Fsp3) is 0.667. The molecule has 1 rings (SSSR count). The number of nitrogens with zero attached hydrogens (tertiary/aromatic N) is 1. The summed E-state index contributed by atoms with van der Waals surface area (Å²) in [6.45, 7) is 4.29. The van der Waals surface area contributed by atoms with Crippen LogP contribution in [0.3, 0.4) is 0 Å². The Hall–Kier alpha value is -1.02. The lowest BCUT2D eigenvalue weighted by Gasteiger charge is -2.15. The Kier molecular flexibility index (Phi) is 6.36. The minimum Gasteiger partial charge on any atom is -0.462 e. The molecule has 0 fully saturated rings. The normalized spacial score (nSPS) is 14.2. The quantitative estimate of drug-likeness (QED) is 0.638. The van der Waals surface area contributed by atoms with Crippen molar-refractivity contribution in [1.29, 1.82) is 0 Å². The number of ether oxygens (including phenoxy) is 1. The summed E-state index contributed by atoms with van der Waals surface area (Å²) in [6, 6.07) is 0. The first-order valence-electron chi connectivity index (χ1n) is 6.16. The van der Waals surface area contributed by atoms with Gasteiger partial charge in [0.1, 0.15) is 16.0 Å². The van der Waals surface area contributed by atoms with Crippen molar-refractivity contribution < 1.29 is 19.7 Å². The van der Waals surface area contributed by atoms with Crippen molar-refractivity contribution in [2.75, 3.05) is 20.2 Å². The number of aliphatic hydroxyl groups is 2. The zero-order chi connectivity index (χ0) is 14.4. The maximum atomic E-state index is 11.6. The average Bonchev–Trinajstić information content (AvgIpc) is 2.77. The van der Waals surface area contributed by atoms with Crippen LogP contribution in [-0.4, -0.2) is 47.5 Å². The van der Waals surface area contributed by atoms with Gasteiger partial charge in [0.15, 0.2) is 0 Å². The van der Waals surface area contributed by atoms with Gasteiger partial charge in [-0.25, -0.2) is 9.78 Å². The zero-order valence-corrected chi connectivity index (χ0v) is 12.2. The van der Waals surface area contributed by atoms with E-state index in [1.165, 1.54) is 0 Å². The highest BCUT2D eigenvalue weighted by atomic mass is 32.1. The lowest BCUT2D eigenvalue weighted by molar-refractivity contribution is 0.0138. The van der Waals surface area contributed by atoms with Crippen LogP contribution in [0.5, 0.6) is 0 Å². The summed E-state index contributed by atoms with van der Waals surface area (Å²) < 4.78 is 4.90. The lowest BCUT2D eigenvalue weighted by atomic mass is 10.1. The third-order valence-electron chi connectivity index (χ3n) is 2.58. The summed E-state index contributed by atoms with van der Waals surface area (Å²) in [5.41, 5.74) is 0.512. The molecule has 1 heterocycles. The van der Waals surface area contributed by atoms with Crippen molar-refractivity contribution >= 4 is 17.3 Å². The Morgan fingerprint density at radius 1 is 1.53 bits per heavy atom. The molecule has 1 aromatic heterocycles. The van der Waals surface area contributed by atoms with E-state index in [0.29, 0.717) is 35.2 Å². The first-order valence-corrected chi connectivity index (χ1v) is 6.98. The van der Waals surface area contributed by atoms with Crippen molar-refractivity contribution in [2.45, 2.75) is 32.5 Å². The van der Waals surface area contributed by atoms with Gasteiger partial charge in [0, 0.05) is 0 Å². The van der Waals surface area contributed by atoms with Crippen molar-refractivity contribution in [3.8, 4) is 0 Å². The van der Waals surface area contributed by atoms with E-state index < -0.39 is 18.2 Å². The van der Waals surface area contributed by atoms with E-state index in [-0.39, 0.29) is 0 Å². The third kappa shape index (κ3) is 4.24. The average molecular weight is 288 g/mol. The van der Waals surface area contributed by atoms with E-state index in [1.54, 1.807) is 20.9 Å². The number of thiazole rings is 1. The minimum absolute atomic E-state index is 0.291. The first-order chi connectivity index (χ1) is 9.01. The maximum absolute atomic E-state index is 11.6. The van der Waals surface area contributed by atoms with Gasteiger partial charge in [-0.1, -0.05) is 0 Å². The van der Waals surface area contributed by atoms with E-state index in [2.05, 4.69) is 10.3 Å². The molecule has 0 amide bonds. The van der Waals surface area contributed by atoms with Gasteiger partial charge >= 0.3 is 5.97 Å². The fourth-order valence-electron chi connectivity index (χ4n) is 1.54. The van der Waals surface area contributed by atoms with Gasteiger partial charge in [-0.15, -0.1) is 11.3 Å². The van der Waals surface area contributed by atoms with Crippen LogP contribution in [0.4, 0.5) is 0 Å². The predicted molar refractivity (Wildman–Crippen MR) is 72.3 cm³/mol. The minimum atomic E-state index is -1.08. The largest absolute Gasteiger partial charge is 0.462 e. The van der Waals surface area contributed by atoms with Crippen LogP contribution in [0.15, 0.2) is 0 Å². The molecule has 0 bridgehead atoms. The zero-order valence-electron chi connectivity index (χ0n) is 11.3. The summed E-state index contributed by atoms with van der Waals surface area (Å²) in [7, 11) is 1.77. The number of aromatic nitrogens is 1. The van der Waals surface area contributed by atoms with E-state index in [9.17, 15) is 15.0 Å². The molecule has 0 saturated heterocycles. The molecule has 0 saturated carbocycles. The van der Waals surface area contributed by atoms with Crippen LogP contribution in [0.25, 0.3) is 0 Å². The van der Waals surface area contributed by atoms with Crippen LogP contribution < -0.4 is 5.32 Å². The van der Waals surface area contributed by atoms with Crippen LogP contribution in [0.1, 0.15) is 39.8 Å². The van der Waals surface area contributed by atoms with Crippen LogP contribution in [0, 0.1) is 6.92 Å². The molecule has 0 radical (unpaired) electrons. The molecule has 1 aromatic rings.